The highest BCUT2D eigenvalue weighted by atomic mass is 32.1. The van der Waals surface area contributed by atoms with Gasteiger partial charge in [-0.1, -0.05) is 0 Å². The highest BCUT2D eigenvalue weighted by Crippen LogP contribution is 2.08. The summed E-state index contributed by atoms with van der Waals surface area (Å²) in [6, 6.07) is 0. The Hall–Kier alpha value is -1.17. The van der Waals surface area contributed by atoms with Crippen LogP contribution in [0.25, 0.3) is 0 Å². The van der Waals surface area contributed by atoms with Gasteiger partial charge < -0.3 is 9.84 Å². The molecule has 0 radical (unpaired) electrons. The van der Waals surface area contributed by atoms with Crippen molar-refractivity contribution in [1.82, 2.24) is 9.36 Å². The molecule has 6 heteroatoms. The molecular formula is C4H4N2O3S. The minimum Gasteiger partial charge on any atom is -0.479 e. The third-order valence-electron chi connectivity index (χ3n) is 0.660. The summed E-state index contributed by atoms with van der Waals surface area (Å²) in [5.41, 5.74) is 0. The lowest BCUT2D eigenvalue weighted by molar-refractivity contribution is -0.139. The van der Waals surface area contributed by atoms with Gasteiger partial charge in [0, 0.05) is 11.5 Å². The molecule has 0 atom stereocenters. The fraction of sp³-hybridized carbons (Fsp3) is 0.250. The van der Waals surface area contributed by atoms with Crippen LogP contribution in [0.2, 0.25) is 0 Å². The number of ether oxygens (including phenoxy) is 1. The Kier molecular flexibility index (Phi) is 2.16. The molecule has 0 bridgehead atoms. The van der Waals surface area contributed by atoms with E-state index >= 15 is 0 Å². The van der Waals surface area contributed by atoms with Gasteiger partial charge in [-0.3, -0.25) is 0 Å². The SMILES string of the molecule is O=C(O)COc1ncns1. The minimum absolute atomic E-state index is 0.280. The van der Waals surface area contributed by atoms with E-state index in [0.29, 0.717) is 0 Å². The van der Waals surface area contributed by atoms with Crippen molar-refractivity contribution in [2.45, 2.75) is 0 Å². The molecule has 1 heterocycles. The summed E-state index contributed by atoms with van der Waals surface area (Å²) < 4.78 is 8.27. The Bertz CT molecular complexity index is 210. The number of hydrogen-bond acceptors (Lipinski definition) is 5. The van der Waals surface area contributed by atoms with Crippen LogP contribution in [-0.2, 0) is 4.79 Å². The Morgan fingerprint density at radius 2 is 2.70 bits per heavy atom. The fourth-order valence-corrected chi connectivity index (χ4v) is 0.740. The number of nitrogens with zero attached hydrogens (tertiary/aromatic N) is 2. The predicted octanol–water partition coefficient (Wildman–Crippen LogP) is 0.00150. The van der Waals surface area contributed by atoms with Crippen LogP contribution < -0.4 is 4.74 Å². The lowest BCUT2D eigenvalue weighted by atomic mass is 10.8. The summed E-state index contributed by atoms with van der Waals surface area (Å²) in [4.78, 5) is 13.5. The highest BCUT2D eigenvalue weighted by Gasteiger charge is 2.00. The van der Waals surface area contributed by atoms with Crippen LogP contribution in [0.15, 0.2) is 6.33 Å². The van der Waals surface area contributed by atoms with E-state index in [1.807, 2.05) is 0 Å². The standard InChI is InChI=1S/C4H4N2O3S/c7-3(8)1-9-4-5-2-6-10-4/h2H,1H2,(H,7,8). The van der Waals surface area contributed by atoms with Gasteiger partial charge in [0.2, 0.25) is 0 Å². The fourth-order valence-electron chi connectivity index (χ4n) is 0.350. The van der Waals surface area contributed by atoms with E-state index in [-0.39, 0.29) is 11.8 Å². The molecule has 5 nitrogen and oxygen atoms in total. The topological polar surface area (TPSA) is 72.3 Å². The molecular weight excluding hydrogens is 156 g/mol. The van der Waals surface area contributed by atoms with Crippen LogP contribution in [-0.4, -0.2) is 27.0 Å². The number of rotatable bonds is 3. The molecule has 0 saturated carbocycles. The van der Waals surface area contributed by atoms with Crippen molar-refractivity contribution < 1.29 is 14.6 Å². The zero-order valence-corrected chi connectivity index (χ0v) is 5.67. The van der Waals surface area contributed by atoms with Gasteiger partial charge >= 0.3 is 5.97 Å². The van der Waals surface area contributed by atoms with Crippen molar-refractivity contribution in [2.75, 3.05) is 6.61 Å². The maximum Gasteiger partial charge on any atom is 0.341 e. The van der Waals surface area contributed by atoms with E-state index in [0.717, 1.165) is 11.5 Å². The van der Waals surface area contributed by atoms with Gasteiger partial charge in [0.15, 0.2) is 6.61 Å². The molecule has 54 valence electrons. The zero-order chi connectivity index (χ0) is 7.40. The molecule has 0 amide bonds. The monoisotopic (exact) mass is 160 g/mol. The first-order valence-electron chi connectivity index (χ1n) is 2.40. The van der Waals surface area contributed by atoms with Gasteiger partial charge in [0.05, 0.1) is 0 Å². The number of carboxylic acid groups (broad SMARTS) is 1. The molecule has 0 aromatic carbocycles. The van der Waals surface area contributed by atoms with E-state index in [4.69, 9.17) is 5.11 Å². The van der Waals surface area contributed by atoms with E-state index in [1.165, 1.54) is 6.33 Å². The van der Waals surface area contributed by atoms with E-state index < -0.39 is 5.97 Å². The van der Waals surface area contributed by atoms with Crippen LogP contribution in [0, 0.1) is 0 Å². The first kappa shape index (κ1) is 6.94. The molecule has 10 heavy (non-hydrogen) atoms. The molecule has 0 unspecified atom stereocenters. The number of aromatic nitrogens is 2. The Morgan fingerprint density at radius 3 is 3.20 bits per heavy atom. The second kappa shape index (κ2) is 3.11. The molecule has 1 N–H and O–H groups in total. The molecule has 0 aliphatic rings. The average Bonchev–Trinajstić information content (AvgIpc) is 2.34. The predicted molar refractivity (Wildman–Crippen MR) is 33.0 cm³/mol. The zero-order valence-electron chi connectivity index (χ0n) is 4.85. The van der Waals surface area contributed by atoms with Crippen LogP contribution in [0.4, 0.5) is 0 Å². The summed E-state index contributed by atoms with van der Waals surface area (Å²) in [7, 11) is 0. The normalized spacial score (nSPS) is 9.20. The first-order valence-corrected chi connectivity index (χ1v) is 3.17. The van der Waals surface area contributed by atoms with Gasteiger partial charge in [0.1, 0.15) is 6.33 Å². The average molecular weight is 160 g/mol. The Morgan fingerprint density at radius 1 is 1.90 bits per heavy atom. The number of carboxylic acids is 1. The molecule has 0 spiro atoms. The van der Waals surface area contributed by atoms with Crippen LogP contribution in [0.3, 0.4) is 0 Å². The molecule has 0 aliphatic heterocycles. The lowest BCUT2D eigenvalue weighted by Crippen LogP contribution is -2.08. The molecule has 0 saturated heterocycles. The second-order valence-electron chi connectivity index (χ2n) is 1.39. The van der Waals surface area contributed by atoms with Crippen molar-refractivity contribution in [3.8, 4) is 5.19 Å². The first-order chi connectivity index (χ1) is 4.79. The third-order valence-corrected chi connectivity index (χ3v) is 1.24. The molecule has 1 aromatic rings. The van der Waals surface area contributed by atoms with Crippen molar-refractivity contribution in [1.29, 1.82) is 0 Å². The Labute approximate surface area is 60.5 Å². The maximum atomic E-state index is 9.93. The van der Waals surface area contributed by atoms with Crippen LogP contribution >= 0.6 is 11.5 Å². The lowest BCUT2D eigenvalue weighted by Gasteiger charge is -1.93. The summed E-state index contributed by atoms with van der Waals surface area (Å²) in [6.07, 6.45) is 1.31. The molecule has 0 fully saturated rings. The number of hydrogen-bond donors (Lipinski definition) is 1. The maximum absolute atomic E-state index is 9.93. The quantitative estimate of drug-likeness (QED) is 0.673. The third kappa shape index (κ3) is 1.98. The largest absolute Gasteiger partial charge is 0.479 e. The smallest absolute Gasteiger partial charge is 0.341 e. The summed E-state index contributed by atoms with van der Waals surface area (Å²) in [5, 5.41) is 8.42. The van der Waals surface area contributed by atoms with Gasteiger partial charge in [-0.05, 0) is 0 Å². The van der Waals surface area contributed by atoms with Crippen molar-refractivity contribution in [3.05, 3.63) is 6.33 Å². The summed E-state index contributed by atoms with van der Waals surface area (Å²) in [6.45, 7) is -0.366. The van der Waals surface area contributed by atoms with E-state index in [2.05, 4.69) is 14.1 Å². The van der Waals surface area contributed by atoms with Gasteiger partial charge in [-0.25, -0.2) is 4.79 Å². The Balaban J connectivity index is 2.35. The van der Waals surface area contributed by atoms with Crippen molar-refractivity contribution in [3.63, 3.8) is 0 Å². The van der Waals surface area contributed by atoms with Crippen molar-refractivity contribution >= 4 is 17.5 Å². The van der Waals surface area contributed by atoms with Gasteiger partial charge in [-0.2, -0.15) is 9.36 Å². The minimum atomic E-state index is -1.02. The van der Waals surface area contributed by atoms with Gasteiger partial charge in [0.25, 0.3) is 5.19 Å². The van der Waals surface area contributed by atoms with Crippen LogP contribution in [0.5, 0.6) is 5.19 Å². The number of carbonyl (C=O) groups is 1. The molecule has 1 aromatic heterocycles. The molecule has 0 aliphatic carbocycles. The van der Waals surface area contributed by atoms with Gasteiger partial charge in [-0.15, -0.1) is 0 Å². The number of aliphatic carboxylic acids is 1. The highest BCUT2D eigenvalue weighted by molar-refractivity contribution is 7.07. The summed E-state index contributed by atoms with van der Waals surface area (Å²) in [5.74, 6) is -1.02. The summed E-state index contributed by atoms with van der Waals surface area (Å²) >= 11 is 1.02. The van der Waals surface area contributed by atoms with E-state index in [9.17, 15) is 4.79 Å². The van der Waals surface area contributed by atoms with E-state index in [1.54, 1.807) is 0 Å². The van der Waals surface area contributed by atoms with Crippen LogP contribution in [0.1, 0.15) is 0 Å². The second-order valence-corrected chi connectivity index (χ2v) is 2.13. The van der Waals surface area contributed by atoms with Crippen molar-refractivity contribution in [2.24, 2.45) is 0 Å². The molecule has 1 rings (SSSR count).